The van der Waals surface area contributed by atoms with E-state index < -0.39 is 0 Å². The molecule has 1 heterocycles. The number of ether oxygens (including phenoxy) is 1. The molecule has 0 amide bonds. The van der Waals surface area contributed by atoms with Crippen molar-refractivity contribution in [2.75, 3.05) is 12.5 Å². The quantitative estimate of drug-likeness (QED) is 0.753. The van der Waals surface area contributed by atoms with Crippen LogP contribution < -0.4 is 4.74 Å². The number of nitrogens with zero attached hydrogens (tertiary/aromatic N) is 2. The topological polar surface area (TPSA) is 48.2 Å². The number of alkyl halides is 1. The Bertz CT molecular complexity index is 482. The SMILES string of the molecule is CCOc1ccc(-c2nnc(CCCCl)o2)cc1. The lowest BCUT2D eigenvalue weighted by molar-refractivity contribution is 0.340. The van der Waals surface area contributed by atoms with Crippen molar-refractivity contribution in [3.8, 4) is 17.2 Å². The third-order valence-electron chi connectivity index (χ3n) is 2.40. The van der Waals surface area contributed by atoms with Crippen LogP contribution in [0, 0.1) is 0 Å². The van der Waals surface area contributed by atoms with Crippen molar-refractivity contribution in [3.63, 3.8) is 0 Å². The van der Waals surface area contributed by atoms with Crippen molar-refractivity contribution in [1.82, 2.24) is 10.2 Å². The Morgan fingerprint density at radius 2 is 2.00 bits per heavy atom. The van der Waals surface area contributed by atoms with Crippen LogP contribution in [0.2, 0.25) is 0 Å². The summed E-state index contributed by atoms with van der Waals surface area (Å²) in [6.45, 7) is 2.61. The fraction of sp³-hybridized carbons (Fsp3) is 0.385. The predicted octanol–water partition coefficient (Wildman–Crippen LogP) is 3.31. The van der Waals surface area contributed by atoms with Crippen LogP contribution in [-0.4, -0.2) is 22.7 Å². The van der Waals surface area contributed by atoms with E-state index in [1.54, 1.807) is 0 Å². The Kier molecular flexibility index (Phi) is 4.59. The van der Waals surface area contributed by atoms with Crippen molar-refractivity contribution in [2.24, 2.45) is 0 Å². The summed E-state index contributed by atoms with van der Waals surface area (Å²) in [7, 11) is 0. The second-order valence-electron chi connectivity index (χ2n) is 3.75. The van der Waals surface area contributed by atoms with Gasteiger partial charge in [0.2, 0.25) is 11.8 Å². The molecule has 0 unspecified atom stereocenters. The van der Waals surface area contributed by atoms with Crippen molar-refractivity contribution in [2.45, 2.75) is 19.8 Å². The summed E-state index contributed by atoms with van der Waals surface area (Å²) >= 11 is 5.62. The smallest absolute Gasteiger partial charge is 0.247 e. The summed E-state index contributed by atoms with van der Waals surface area (Å²) in [6.07, 6.45) is 1.56. The molecule has 0 bridgehead atoms. The van der Waals surface area contributed by atoms with E-state index in [0.29, 0.717) is 30.7 Å². The van der Waals surface area contributed by atoms with E-state index in [-0.39, 0.29) is 0 Å². The minimum atomic E-state index is 0.530. The van der Waals surface area contributed by atoms with Gasteiger partial charge in [-0.25, -0.2) is 0 Å². The van der Waals surface area contributed by atoms with Gasteiger partial charge in [-0.05, 0) is 37.6 Å². The molecule has 0 aliphatic rings. The first kappa shape index (κ1) is 12.9. The van der Waals surface area contributed by atoms with Crippen LogP contribution in [0.3, 0.4) is 0 Å². The van der Waals surface area contributed by atoms with Crippen LogP contribution >= 0.6 is 11.6 Å². The van der Waals surface area contributed by atoms with Gasteiger partial charge in [-0.3, -0.25) is 0 Å². The van der Waals surface area contributed by atoms with Gasteiger partial charge in [0.25, 0.3) is 0 Å². The van der Waals surface area contributed by atoms with Crippen molar-refractivity contribution < 1.29 is 9.15 Å². The molecule has 18 heavy (non-hydrogen) atoms. The molecule has 1 aromatic carbocycles. The average molecular weight is 267 g/mol. The summed E-state index contributed by atoms with van der Waals surface area (Å²) < 4.78 is 10.9. The highest BCUT2D eigenvalue weighted by Gasteiger charge is 2.08. The molecule has 0 radical (unpaired) electrons. The fourth-order valence-electron chi connectivity index (χ4n) is 1.55. The van der Waals surface area contributed by atoms with Gasteiger partial charge in [0.1, 0.15) is 5.75 Å². The fourth-order valence-corrected chi connectivity index (χ4v) is 1.68. The van der Waals surface area contributed by atoms with E-state index in [0.717, 1.165) is 17.7 Å². The molecule has 0 saturated heterocycles. The summed E-state index contributed by atoms with van der Waals surface area (Å²) in [6, 6.07) is 7.59. The molecule has 2 rings (SSSR count). The summed E-state index contributed by atoms with van der Waals surface area (Å²) in [5, 5.41) is 8.00. The Morgan fingerprint density at radius 3 is 2.67 bits per heavy atom. The Balaban J connectivity index is 2.08. The summed E-state index contributed by atoms with van der Waals surface area (Å²) in [4.78, 5) is 0. The van der Waals surface area contributed by atoms with Gasteiger partial charge >= 0.3 is 0 Å². The lowest BCUT2D eigenvalue weighted by Crippen LogP contribution is -1.90. The van der Waals surface area contributed by atoms with Gasteiger partial charge in [0, 0.05) is 17.9 Å². The monoisotopic (exact) mass is 266 g/mol. The molecule has 2 aromatic rings. The first-order valence-electron chi connectivity index (χ1n) is 5.95. The average Bonchev–Trinajstić information content (AvgIpc) is 2.86. The van der Waals surface area contributed by atoms with Crippen molar-refractivity contribution in [1.29, 1.82) is 0 Å². The highest BCUT2D eigenvalue weighted by atomic mass is 35.5. The molecule has 1 aromatic heterocycles. The maximum atomic E-state index is 5.62. The van der Waals surface area contributed by atoms with Crippen LogP contribution in [0.25, 0.3) is 11.5 Å². The van der Waals surface area contributed by atoms with Crippen LogP contribution in [-0.2, 0) is 6.42 Å². The van der Waals surface area contributed by atoms with E-state index >= 15 is 0 Å². The molecule has 0 fully saturated rings. The zero-order valence-corrected chi connectivity index (χ0v) is 11.0. The third-order valence-corrected chi connectivity index (χ3v) is 2.67. The number of benzene rings is 1. The summed E-state index contributed by atoms with van der Waals surface area (Å²) in [5.74, 6) is 2.59. The lowest BCUT2D eigenvalue weighted by atomic mass is 10.2. The number of hydrogen-bond donors (Lipinski definition) is 0. The lowest BCUT2D eigenvalue weighted by Gasteiger charge is -2.02. The standard InChI is InChI=1S/C13H15ClN2O2/c1-2-17-11-7-5-10(6-8-11)13-16-15-12(18-13)4-3-9-14/h5-8H,2-4,9H2,1H3. The van der Waals surface area contributed by atoms with Gasteiger partial charge in [-0.1, -0.05) is 0 Å². The number of aryl methyl sites for hydroxylation is 1. The van der Waals surface area contributed by atoms with E-state index in [9.17, 15) is 0 Å². The molecule has 5 heteroatoms. The van der Waals surface area contributed by atoms with Crippen molar-refractivity contribution in [3.05, 3.63) is 30.2 Å². The number of aromatic nitrogens is 2. The second-order valence-corrected chi connectivity index (χ2v) is 4.13. The maximum absolute atomic E-state index is 5.62. The highest BCUT2D eigenvalue weighted by molar-refractivity contribution is 6.17. The van der Waals surface area contributed by atoms with Crippen LogP contribution in [0.15, 0.2) is 28.7 Å². The number of halogens is 1. The molecule has 96 valence electrons. The zero-order chi connectivity index (χ0) is 12.8. The maximum Gasteiger partial charge on any atom is 0.247 e. The predicted molar refractivity (Wildman–Crippen MR) is 69.9 cm³/mol. The largest absolute Gasteiger partial charge is 0.494 e. The molecular weight excluding hydrogens is 252 g/mol. The Labute approximate surface area is 111 Å². The zero-order valence-electron chi connectivity index (χ0n) is 10.2. The highest BCUT2D eigenvalue weighted by Crippen LogP contribution is 2.21. The van der Waals surface area contributed by atoms with E-state index in [2.05, 4.69) is 10.2 Å². The van der Waals surface area contributed by atoms with Gasteiger partial charge in [-0.15, -0.1) is 21.8 Å². The van der Waals surface area contributed by atoms with Gasteiger partial charge < -0.3 is 9.15 Å². The molecule has 0 atom stereocenters. The van der Waals surface area contributed by atoms with Gasteiger partial charge in [-0.2, -0.15) is 0 Å². The van der Waals surface area contributed by atoms with Crippen LogP contribution in [0.4, 0.5) is 0 Å². The molecule has 0 saturated carbocycles. The van der Waals surface area contributed by atoms with E-state index in [1.807, 2.05) is 31.2 Å². The van der Waals surface area contributed by atoms with Gasteiger partial charge in [0.05, 0.1) is 6.61 Å². The molecular formula is C13H15ClN2O2. The Hall–Kier alpha value is -1.55. The van der Waals surface area contributed by atoms with Gasteiger partial charge in [0.15, 0.2) is 0 Å². The number of hydrogen-bond acceptors (Lipinski definition) is 4. The molecule has 0 N–H and O–H groups in total. The normalized spacial score (nSPS) is 10.6. The van der Waals surface area contributed by atoms with Crippen LogP contribution in [0.5, 0.6) is 5.75 Å². The van der Waals surface area contributed by atoms with E-state index in [4.69, 9.17) is 20.8 Å². The third kappa shape index (κ3) is 3.23. The van der Waals surface area contributed by atoms with Crippen LogP contribution in [0.1, 0.15) is 19.2 Å². The molecule has 0 spiro atoms. The first-order valence-corrected chi connectivity index (χ1v) is 6.48. The molecule has 4 nitrogen and oxygen atoms in total. The van der Waals surface area contributed by atoms with E-state index in [1.165, 1.54) is 0 Å². The second kappa shape index (κ2) is 6.40. The Morgan fingerprint density at radius 1 is 1.22 bits per heavy atom. The molecule has 0 aliphatic carbocycles. The molecule has 0 aliphatic heterocycles. The minimum absolute atomic E-state index is 0.530. The number of rotatable bonds is 6. The van der Waals surface area contributed by atoms with Crippen molar-refractivity contribution >= 4 is 11.6 Å². The first-order chi connectivity index (χ1) is 8.83. The minimum Gasteiger partial charge on any atom is -0.494 e. The summed E-state index contributed by atoms with van der Waals surface area (Å²) in [5.41, 5.74) is 0.892.